The Kier molecular flexibility index (Phi) is 5.27. The predicted octanol–water partition coefficient (Wildman–Crippen LogP) is 2.83. The van der Waals surface area contributed by atoms with Crippen molar-refractivity contribution in [2.75, 3.05) is 13.2 Å². The van der Waals surface area contributed by atoms with Crippen molar-refractivity contribution < 1.29 is 9.47 Å². The monoisotopic (exact) mass is 316 g/mol. The Balaban J connectivity index is 0.00000147. The molecule has 6 heteroatoms. The van der Waals surface area contributed by atoms with Crippen LogP contribution in [0.2, 0.25) is 5.15 Å². The second-order valence-electron chi connectivity index (χ2n) is 5.01. The van der Waals surface area contributed by atoms with E-state index in [1.165, 1.54) is 5.57 Å². The normalized spacial score (nSPS) is 25.2. The molecule has 1 aliphatic carbocycles. The molecule has 4 nitrogen and oxygen atoms in total. The van der Waals surface area contributed by atoms with Gasteiger partial charge in [0, 0.05) is 11.6 Å². The molecule has 110 valence electrons. The number of rotatable bonds is 3. The average molecular weight is 317 g/mol. The highest BCUT2D eigenvalue weighted by molar-refractivity contribution is 6.29. The summed E-state index contributed by atoms with van der Waals surface area (Å²) in [5.74, 6) is 0.623. The van der Waals surface area contributed by atoms with E-state index in [0.29, 0.717) is 17.6 Å². The van der Waals surface area contributed by atoms with Gasteiger partial charge in [-0.05, 0) is 37.0 Å². The second kappa shape index (κ2) is 6.76. The van der Waals surface area contributed by atoms with Crippen LogP contribution >= 0.6 is 24.0 Å². The molecule has 20 heavy (non-hydrogen) atoms. The minimum absolute atomic E-state index is 0. The lowest BCUT2D eigenvalue weighted by atomic mass is 9.90. The minimum Gasteiger partial charge on any atom is -0.474 e. The molecule has 1 aromatic heterocycles. The molecular weight excluding hydrogens is 299 g/mol. The lowest BCUT2D eigenvalue weighted by Crippen LogP contribution is -2.43. The van der Waals surface area contributed by atoms with Crippen molar-refractivity contribution in [2.24, 2.45) is 5.73 Å². The highest BCUT2D eigenvalue weighted by Crippen LogP contribution is 2.32. The smallest absolute Gasteiger partial charge is 0.222 e. The fraction of sp³-hybridized carbons (Fsp3) is 0.500. The Morgan fingerprint density at radius 2 is 2.15 bits per heavy atom. The van der Waals surface area contributed by atoms with E-state index >= 15 is 0 Å². The van der Waals surface area contributed by atoms with Crippen LogP contribution in [0.3, 0.4) is 0 Å². The zero-order valence-electron chi connectivity index (χ0n) is 11.0. The SMILES string of the molecule is Cl.N[C@H]1C[C@H](Oc2nc(Cl)ccc2C2=CCOCC2)C1. The van der Waals surface area contributed by atoms with Crippen LogP contribution in [0.25, 0.3) is 5.57 Å². The van der Waals surface area contributed by atoms with Gasteiger partial charge < -0.3 is 15.2 Å². The Morgan fingerprint density at radius 3 is 2.80 bits per heavy atom. The van der Waals surface area contributed by atoms with E-state index in [0.717, 1.165) is 31.4 Å². The number of ether oxygens (including phenoxy) is 2. The van der Waals surface area contributed by atoms with Gasteiger partial charge in [-0.3, -0.25) is 0 Å². The van der Waals surface area contributed by atoms with E-state index < -0.39 is 0 Å². The van der Waals surface area contributed by atoms with Crippen molar-refractivity contribution in [3.8, 4) is 5.88 Å². The maximum Gasteiger partial charge on any atom is 0.222 e. The van der Waals surface area contributed by atoms with Crippen molar-refractivity contribution in [1.82, 2.24) is 4.98 Å². The number of nitrogens with two attached hydrogens (primary N) is 1. The third-order valence-electron chi connectivity index (χ3n) is 3.55. The number of nitrogens with zero attached hydrogens (tertiary/aromatic N) is 1. The fourth-order valence-corrected chi connectivity index (χ4v) is 2.52. The van der Waals surface area contributed by atoms with Gasteiger partial charge in [0.15, 0.2) is 0 Å². The Labute approximate surface area is 129 Å². The molecule has 0 saturated heterocycles. The zero-order valence-corrected chi connectivity index (χ0v) is 12.6. The quantitative estimate of drug-likeness (QED) is 0.871. The van der Waals surface area contributed by atoms with Crippen LogP contribution in [0.1, 0.15) is 24.8 Å². The molecule has 1 aliphatic heterocycles. The van der Waals surface area contributed by atoms with Crippen LogP contribution in [-0.4, -0.2) is 30.3 Å². The van der Waals surface area contributed by atoms with Gasteiger partial charge in [-0.2, -0.15) is 0 Å². The first-order valence-corrected chi connectivity index (χ1v) is 6.96. The molecule has 0 aromatic carbocycles. The number of hydrogen-bond acceptors (Lipinski definition) is 4. The van der Waals surface area contributed by atoms with Gasteiger partial charge in [0.05, 0.1) is 13.2 Å². The van der Waals surface area contributed by atoms with Gasteiger partial charge in [0.1, 0.15) is 11.3 Å². The molecule has 0 amide bonds. The Morgan fingerprint density at radius 1 is 1.35 bits per heavy atom. The summed E-state index contributed by atoms with van der Waals surface area (Å²) in [6.45, 7) is 1.38. The lowest BCUT2D eigenvalue weighted by Gasteiger charge is -2.32. The van der Waals surface area contributed by atoms with Crippen molar-refractivity contribution in [3.05, 3.63) is 28.9 Å². The third kappa shape index (κ3) is 3.44. The predicted molar refractivity (Wildman–Crippen MR) is 81.5 cm³/mol. The molecule has 2 N–H and O–H groups in total. The van der Waals surface area contributed by atoms with E-state index in [1.54, 1.807) is 6.07 Å². The largest absolute Gasteiger partial charge is 0.474 e. The molecule has 3 rings (SSSR count). The molecule has 1 fully saturated rings. The molecule has 0 atom stereocenters. The van der Waals surface area contributed by atoms with E-state index in [2.05, 4.69) is 11.1 Å². The fourth-order valence-electron chi connectivity index (χ4n) is 2.38. The lowest BCUT2D eigenvalue weighted by molar-refractivity contribution is 0.0953. The first kappa shape index (κ1) is 15.6. The summed E-state index contributed by atoms with van der Waals surface area (Å²) >= 11 is 5.97. The summed E-state index contributed by atoms with van der Waals surface area (Å²) in [7, 11) is 0. The summed E-state index contributed by atoms with van der Waals surface area (Å²) in [5, 5.41) is 0.454. The molecule has 2 aliphatic rings. The van der Waals surface area contributed by atoms with Crippen molar-refractivity contribution in [2.45, 2.75) is 31.4 Å². The summed E-state index contributed by atoms with van der Waals surface area (Å²) < 4.78 is 11.3. The highest BCUT2D eigenvalue weighted by atomic mass is 35.5. The van der Waals surface area contributed by atoms with Gasteiger partial charge in [0.2, 0.25) is 5.88 Å². The zero-order chi connectivity index (χ0) is 13.2. The topological polar surface area (TPSA) is 57.4 Å². The number of hydrogen-bond donors (Lipinski definition) is 1. The van der Waals surface area contributed by atoms with Gasteiger partial charge in [0.25, 0.3) is 0 Å². The first-order chi connectivity index (χ1) is 9.22. The van der Waals surface area contributed by atoms with Crippen LogP contribution in [0.15, 0.2) is 18.2 Å². The molecule has 0 spiro atoms. The van der Waals surface area contributed by atoms with Gasteiger partial charge in [-0.1, -0.05) is 17.7 Å². The van der Waals surface area contributed by atoms with E-state index in [-0.39, 0.29) is 24.6 Å². The number of halogens is 2. The first-order valence-electron chi connectivity index (χ1n) is 6.58. The van der Waals surface area contributed by atoms with E-state index in [4.69, 9.17) is 26.8 Å². The second-order valence-corrected chi connectivity index (χ2v) is 5.40. The number of aromatic nitrogens is 1. The molecule has 0 bridgehead atoms. The van der Waals surface area contributed by atoms with Crippen LogP contribution in [0.5, 0.6) is 5.88 Å². The Hall–Kier alpha value is -0.810. The highest BCUT2D eigenvalue weighted by Gasteiger charge is 2.29. The molecule has 0 unspecified atom stereocenters. The van der Waals surface area contributed by atoms with Crippen LogP contribution in [0.4, 0.5) is 0 Å². The average Bonchev–Trinajstić information content (AvgIpc) is 2.38. The van der Waals surface area contributed by atoms with Crippen LogP contribution in [-0.2, 0) is 4.74 Å². The maximum absolute atomic E-state index is 5.97. The molecule has 2 heterocycles. The molecule has 1 aromatic rings. The molecular formula is C14H18Cl2N2O2. The van der Waals surface area contributed by atoms with Gasteiger partial charge >= 0.3 is 0 Å². The van der Waals surface area contributed by atoms with E-state index in [1.807, 2.05) is 6.07 Å². The summed E-state index contributed by atoms with van der Waals surface area (Å²) in [6.07, 6.45) is 4.89. The summed E-state index contributed by atoms with van der Waals surface area (Å²) in [6, 6.07) is 4.03. The van der Waals surface area contributed by atoms with E-state index in [9.17, 15) is 0 Å². The number of pyridine rings is 1. The van der Waals surface area contributed by atoms with Gasteiger partial charge in [-0.15, -0.1) is 12.4 Å². The molecule has 0 radical (unpaired) electrons. The molecule has 1 saturated carbocycles. The van der Waals surface area contributed by atoms with Gasteiger partial charge in [-0.25, -0.2) is 4.98 Å². The van der Waals surface area contributed by atoms with Crippen molar-refractivity contribution in [3.63, 3.8) is 0 Å². The van der Waals surface area contributed by atoms with Crippen molar-refractivity contribution in [1.29, 1.82) is 0 Å². The maximum atomic E-state index is 5.97. The minimum atomic E-state index is 0. The summed E-state index contributed by atoms with van der Waals surface area (Å²) in [5.41, 5.74) is 8.02. The summed E-state index contributed by atoms with van der Waals surface area (Å²) in [4.78, 5) is 4.32. The van der Waals surface area contributed by atoms with Crippen LogP contribution in [0, 0.1) is 0 Å². The van der Waals surface area contributed by atoms with Crippen molar-refractivity contribution >= 4 is 29.6 Å². The standard InChI is InChI=1S/C14H17ClN2O2.ClH/c15-13-2-1-12(9-3-5-18-6-4-9)14(17-13)19-11-7-10(16)8-11;/h1-3,10-11H,4-8,16H2;1H/t10-,11-;. The van der Waals surface area contributed by atoms with Crippen LogP contribution < -0.4 is 10.5 Å². The third-order valence-corrected chi connectivity index (χ3v) is 3.76. The Bertz CT molecular complexity index is 502.